The molecule has 1 aromatic carbocycles. The van der Waals surface area contributed by atoms with Gasteiger partial charge in [0.15, 0.2) is 5.95 Å². The molecule has 0 radical (unpaired) electrons. The molecular weight excluding hydrogens is 277 g/mol. The van der Waals surface area contributed by atoms with E-state index in [-0.39, 0.29) is 12.4 Å². The number of nitrogens with one attached hydrogen (secondary N) is 1. The Bertz CT molecular complexity index is 424. The van der Waals surface area contributed by atoms with E-state index in [4.69, 9.17) is 5.73 Å². The largest absolute Gasteiger partial charge is 0.369 e. The molecule has 0 unspecified atom stereocenters. The molecule has 3 N–H and O–H groups in total. The number of hydrogen-bond acceptors (Lipinski definition) is 2. The number of benzene rings is 1. The smallest absolute Gasteiger partial charge is 0.197 e. The van der Waals surface area contributed by atoms with Crippen molar-refractivity contribution in [3.8, 4) is 0 Å². The van der Waals surface area contributed by atoms with E-state index in [2.05, 4.69) is 38.0 Å². The van der Waals surface area contributed by atoms with Crippen LogP contribution in [0.25, 0.3) is 0 Å². The van der Waals surface area contributed by atoms with E-state index in [0.717, 1.165) is 16.6 Å². The SMILES string of the molecule is Cl.Nc1ncc(Cc2ccc(Br)cc2)[nH]1. The van der Waals surface area contributed by atoms with Crippen LogP contribution >= 0.6 is 28.3 Å². The van der Waals surface area contributed by atoms with Gasteiger partial charge in [0.25, 0.3) is 0 Å². The maximum atomic E-state index is 5.48. The quantitative estimate of drug-likeness (QED) is 0.893. The number of nitrogen functional groups attached to an aromatic ring is 1. The van der Waals surface area contributed by atoms with Gasteiger partial charge in [-0.15, -0.1) is 12.4 Å². The third kappa shape index (κ3) is 3.25. The number of rotatable bonds is 2. The van der Waals surface area contributed by atoms with Gasteiger partial charge >= 0.3 is 0 Å². The van der Waals surface area contributed by atoms with Gasteiger partial charge in [-0.05, 0) is 17.7 Å². The summed E-state index contributed by atoms with van der Waals surface area (Å²) in [5.41, 5.74) is 7.75. The third-order valence-corrected chi connectivity index (χ3v) is 2.48. The Morgan fingerprint density at radius 2 is 1.93 bits per heavy atom. The van der Waals surface area contributed by atoms with Crippen LogP contribution in [0.4, 0.5) is 5.95 Å². The molecule has 0 bridgehead atoms. The number of aromatic nitrogens is 2. The summed E-state index contributed by atoms with van der Waals surface area (Å²) in [5.74, 6) is 0.470. The normalized spacial score (nSPS) is 9.67. The zero-order valence-electron chi connectivity index (χ0n) is 7.90. The van der Waals surface area contributed by atoms with Crippen molar-refractivity contribution in [1.82, 2.24) is 9.97 Å². The second-order valence-corrected chi connectivity index (χ2v) is 4.01. The highest BCUT2D eigenvalue weighted by Gasteiger charge is 1.98. The Kier molecular flexibility index (Phi) is 4.17. The second-order valence-electron chi connectivity index (χ2n) is 3.10. The molecule has 5 heteroatoms. The number of nitrogens with zero attached hydrogens (tertiary/aromatic N) is 1. The van der Waals surface area contributed by atoms with Gasteiger partial charge in [-0.2, -0.15) is 0 Å². The molecule has 0 saturated heterocycles. The summed E-state index contributed by atoms with van der Waals surface area (Å²) in [6.45, 7) is 0. The van der Waals surface area contributed by atoms with Crippen LogP contribution in [0.1, 0.15) is 11.3 Å². The van der Waals surface area contributed by atoms with E-state index in [1.165, 1.54) is 5.56 Å². The summed E-state index contributed by atoms with van der Waals surface area (Å²) in [5, 5.41) is 0. The molecule has 3 nitrogen and oxygen atoms in total. The number of H-pyrrole nitrogens is 1. The van der Waals surface area contributed by atoms with Gasteiger partial charge in [0.2, 0.25) is 0 Å². The lowest BCUT2D eigenvalue weighted by molar-refractivity contribution is 1.11. The molecule has 0 atom stereocenters. The van der Waals surface area contributed by atoms with Crippen molar-refractivity contribution in [2.75, 3.05) is 5.73 Å². The van der Waals surface area contributed by atoms with Crippen LogP contribution in [0.2, 0.25) is 0 Å². The third-order valence-electron chi connectivity index (χ3n) is 1.96. The topological polar surface area (TPSA) is 54.7 Å². The van der Waals surface area contributed by atoms with Gasteiger partial charge in [-0.25, -0.2) is 4.98 Å². The van der Waals surface area contributed by atoms with Crippen molar-refractivity contribution in [1.29, 1.82) is 0 Å². The maximum absolute atomic E-state index is 5.48. The van der Waals surface area contributed by atoms with E-state index < -0.39 is 0 Å². The van der Waals surface area contributed by atoms with Crippen LogP contribution in [0.5, 0.6) is 0 Å². The van der Waals surface area contributed by atoms with Crippen molar-refractivity contribution in [2.24, 2.45) is 0 Å². The molecule has 80 valence electrons. The predicted octanol–water partition coefficient (Wildman–Crippen LogP) is 2.77. The lowest BCUT2D eigenvalue weighted by Gasteiger charge is -1.98. The first-order valence-corrected chi connectivity index (χ1v) is 5.07. The maximum Gasteiger partial charge on any atom is 0.197 e. The van der Waals surface area contributed by atoms with Crippen LogP contribution in [0, 0.1) is 0 Å². The van der Waals surface area contributed by atoms with Gasteiger partial charge in [0.1, 0.15) is 0 Å². The summed E-state index contributed by atoms with van der Waals surface area (Å²) in [6, 6.07) is 8.19. The molecular formula is C10H11BrClN3. The summed E-state index contributed by atoms with van der Waals surface area (Å²) in [7, 11) is 0. The highest BCUT2D eigenvalue weighted by atomic mass is 79.9. The minimum Gasteiger partial charge on any atom is -0.369 e. The molecule has 0 saturated carbocycles. The minimum absolute atomic E-state index is 0. The number of anilines is 1. The van der Waals surface area contributed by atoms with E-state index in [1.54, 1.807) is 6.20 Å². The highest BCUT2D eigenvalue weighted by molar-refractivity contribution is 9.10. The average Bonchev–Trinajstić information content (AvgIpc) is 2.56. The summed E-state index contributed by atoms with van der Waals surface area (Å²) < 4.78 is 1.09. The number of imidazole rings is 1. The molecule has 0 fully saturated rings. The molecule has 0 spiro atoms. The molecule has 1 aromatic heterocycles. The van der Waals surface area contributed by atoms with E-state index >= 15 is 0 Å². The van der Waals surface area contributed by atoms with Crippen LogP contribution in [-0.4, -0.2) is 9.97 Å². The first-order valence-electron chi connectivity index (χ1n) is 4.28. The highest BCUT2D eigenvalue weighted by Crippen LogP contribution is 2.13. The first-order chi connectivity index (χ1) is 6.74. The number of halogens is 2. The molecule has 1 heterocycles. The number of aromatic amines is 1. The monoisotopic (exact) mass is 287 g/mol. The fourth-order valence-electron chi connectivity index (χ4n) is 1.29. The zero-order chi connectivity index (χ0) is 9.97. The van der Waals surface area contributed by atoms with Crippen molar-refractivity contribution in [2.45, 2.75) is 6.42 Å². The molecule has 2 rings (SSSR count). The van der Waals surface area contributed by atoms with Crippen LogP contribution in [-0.2, 0) is 6.42 Å². The van der Waals surface area contributed by atoms with Gasteiger partial charge in [-0.3, -0.25) is 0 Å². The van der Waals surface area contributed by atoms with Crippen LogP contribution < -0.4 is 5.73 Å². The number of nitrogens with two attached hydrogens (primary N) is 1. The fourth-order valence-corrected chi connectivity index (χ4v) is 1.55. The van der Waals surface area contributed by atoms with Crippen molar-refractivity contribution in [3.63, 3.8) is 0 Å². The number of hydrogen-bond donors (Lipinski definition) is 2. The molecule has 0 amide bonds. The molecule has 0 aliphatic heterocycles. The van der Waals surface area contributed by atoms with Crippen LogP contribution in [0.3, 0.4) is 0 Å². The lowest BCUT2D eigenvalue weighted by atomic mass is 10.1. The van der Waals surface area contributed by atoms with Crippen molar-refractivity contribution >= 4 is 34.3 Å². The van der Waals surface area contributed by atoms with E-state index in [1.807, 2.05) is 12.1 Å². The van der Waals surface area contributed by atoms with E-state index in [9.17, 15) is 0 Å². The zero-order valence-corrected chi connectivity index (χ0v) is 10.3. The van der Waals surface area contributed by atoms with Gasteiger partial charge in [-0.1, -0.05) is 28.1 Å². The standard InChI is InChI=1S/C10H10BrN3.ClH/c11-8-3-1-7(2-4-8)5-9-6-13-10(12)14-9;/h1-4,6H,5H2,(H3,12,13,14);1H. The second kappa shape index (κ2) is 5.19. The lowest BCUT2D eigenvalue weighted by Crippen LogP contribution is -1.89. The van der Waals surface area contributed by atoms with Crippen molar-refractivity contribution < 1.29 is 0 Å². The Balaban J connectivity index is 0.00000112. The van der Waals surface area contributed by atoms with Crippen molar-refractivity contribution in [3.05, 3.63) is 46.2 Å². The predicted molar refractivity (Wildman–Crippen MR) is 67.2 cm³/mol. The molecule has 15 heavy (non-hydrogen) atoms. The van der Waals surface area contributed by atoms with Gasteiger partial charge in [0.05, 0.1) is 6.20 Å². The Morgan fingerprint density at radius 3 is 2.47 bits per heavy atom. The van der Waals surface area contributed by atoms with Crippen LogP contribution in [0.15, 0.2) is 34.9 Å². The first kappa shape index (κ1) is 12.1. The molecule has 0 aliphatic rings. The van der Waals surface area contributed by atoms with Gasteiger partial charge < -0.3 is 10.7 Å². The summed E-state index contributed by atoms with van der Waals surface area (Å²) in [4.78, 5) is 6.94. The Morgan fingerprint density at radius 1 is 1.27 bits per heavy atom. The molecule has 2 aromatic rings. The van der Waals surface area contributed by atoms with Gasteiger partial charge in [0, 0.05) is 16.6 Å². The minimum atomic E-state index is 0. The van der Waals surface area contributed by atoms with E-state index in [0.29, 0.717) is 5.95 Å². The fraction of sp³-hybridized carbons (Fsp3) is 0.100. The average molecular weight is 289 g/mol. The Hall–Kier alpha value is -1.00. The summed E-state index contributed by atoms with van der Waals surface area (Å²) >= 11 is 3.39. The molecule has 0 aliphatic carbocycles. The summed E-state index contributed by atoms with van der Waals surface area (Å²) in [6.07, 6.45) is 2.59. The Labute approximate surface area is 103 Å².